The fourth-order valence-electron chi connectivity index (χ4n) is 3.96. The van der Waals surface area contributed by atoms with E-state index >= 15 is 0 Å². The van der Waals surface area contributed by atoms with Gasteiger partial charge in [-0.25, -0.2) is 0 Å². The molecular weight excluding hydrogens is 266 g/mol. The Balaban J connectivity index is 1.49. The molecule has 2 heteroatoms. The highest BCUT2D eigenvalue weighted by molar-refractivity contribution is 6.30. The van der Waals surface area contributed by atoms with Crippen molar-refractivity contribution in [1.29, 1.82) is 0 Å². The Morgan fingerprint density at radius 1 is 1.20 bits per heavy atom. The summed E-state index contributed by atoms with van der Waals surface area (Å²) in [5.41, 5.74) is 1.95. The molecule has 0 aliphatic heterocycles. The second-order valence-electron chi connectivity index (χ2n) is 7.54. The monoisotopic (exact) mass is 291 g/mol. The standard InChI is InChI=1S/C18H26ClN/c1-18(2)8-4-7-16(12-18)20-17-10-14(11-17)13-5-3-6-15(19)9-13/h3,5-6,9,14,16-17,20H,4,7-8,10-12H2,1-2H3. The van der Waals surface area contributed by atoms with E-state index < -0.39 is 0 Å². The summed E-state index contributed by atoms with van der Waals surface area (Å²) >= 11 is 6.08. The lowest BCUT2D eigenvalue weighted by Gasteiger charge is -2.42. The zero-order valence-electron chi connectivity index (χ0n) is 12.7. The van der Waals surface area contributed by atoms with Gasteiger partial charge >= 0.3 is 0 Å². The summed E-state index contributed by atoms with van der Waals surface area (Å²) in [6.07, 6.45) is 8.03. The summed E-state index contributed by atoms with van der Waals surface area (Å²) in [6.45, 7) is 4.83. The van der Waals surface area contributed by atoms with Crippen LogP contribution in [0.1, 0.15) is 63.9 Å². The summed E-state index contributed by atoms with van der Waals surface area (Å²) in [6, 6.07) is 9.84. The molecule has 1 nitrogen and oxygen atoms in total. The Hall–Kier alpha value is -0.530. The van der Waals surface area contributed by atoms with Crippen molar-refractivity contribution in [2.45, 2.75) is 70.4 Å². The van der Waals surface area contributed by atoms with Gasteiger partial charge < -0.3 is 5.32 Å². The first kappa shape index (κ1) is 14.4. The van der Waals surface area contributed by atoms with Crippen molar-refractivity contribution in [3.05, 3.63) is 34.9 Å². The van der Waals surface area contributed by atoms with Gasteiger partial charge in [0.2, 0.25) is 0 Å². The Labute approximate surface area is 128 Å². The molecule has 1 aromatic rings. The third-order valence-electron chi connectivity index (χ3n) is 5.13. The molecule has 1 atom stereocenters. The molecule has 0 radical (unpaired) electrons. The van der Waals surface area contributed by atoms with Gasteiger partial charge in [0.25, 0.3) is 0 Å². The molecule has 1 N–H and O–H groups in total. The third-order valence-corrected chi connectivity index (χ3v) is 5.37. The van der Waals surface area contributed by atoms with Gasteiger partial charge in [-0.15, -0.1) is 0 Å². The molecule has 110 valence electrons. The predicted molar refractivity (Wildman–Crippen MR) is 86.4 cm³/mol. The van der Waals surface area contributed by atoms with Gasteiger partial charge in [-0.3, -0.25) is 0 Å². The highest BCUT2D eigenvalue weighted by Crippen LogP contribution is 2.40. The van der Waals surface area contributed by atoms with Crippen molar-refractivity contribution in [1.82, 2.24) is 5.32 Å². The zero-order chi connectivity index (χ0) is 14.2. The molecule has 1 aromatic carbocycles. The molecule has 1 unspecified atom stereocenters. The molecule has 3 rings (SSSR count). The van der Waals surface area contributed by atoms with Crippen LogP contribution in [0.3, 0.4) is 0 Å². The van der Waals surface area contributed by atoms with Crippen LogP contribution in [0.2, 0.25) is 5.02 Å². The minimum atomic E-state index is 0.534. The minimum absolute atomic E-state index is 0.534. The molecule has 2 aliphatic rings. The van der Waals surface area contributed by atoms with E-state index in [4.69, 9.17) is 11.6 Å². The van der Waals surface area contributed by atoms with E-state index in [9.17, 15) is 0 Å². The summed E-state index contributed by atoms with van der Waals surface area (Å²) in [7, 11) is 0. The van der Waals surface area contributed by atoms with Gasteiger partial charge in [0.05, 0.1) is 0 Å². The normalized spacial score (nSPS) is 32.6. The van der Waals surface area contributed by atoms with Crippen LogP contribution in [0.25, 0.3) is 0 Å². The summed E-state index contributed by atoms with van der Waals surface area (Å²) in [5, 5.41) is 4.76. The van der Waals surface area contributed by atoms with Crippen LogP contribution in [0.5, 0.6) is 0 Å². The second-order valence-corrected chi connectivity index (χ2v) is 7.98. The molecule has 2 aliphatic carbocycles. The van der Waals surface area contributed by atoms with E-state index in [1.165, 1.54) is 44.1 Å². The molecule has 0 amide bonds. The summed E-state index contributed by atoms with van der Waals surface area (Å²) in [5.74, 6) is 0.711. The molecule has 0 saturated heterocycles. The molecule has 0 bridgehead atoms. The Morgan fingerprint density at radius 3 is 2.70 bits per heavy atom. The molecule has 2 saturated carbocycles. The molecule has 0 spiro atoms. The van der Waals surface area contributed by atoms with Gasteiger partial charge in [0.1, 0.15) is 0 Å². The lowest BCUT2D eigenvalue weighted by Crippen LogP contribution is -2.48. The quantitative estimate of drug-likeness (QED) is 0.812. The number of hydrogen-bond donors (Lipinski definition) is 1. The van der Waals surface area contributed by atoms with Crippen LogP contribution in [0.15, 0.2) is 24.3 Å². The molecule has 0 heterocycles. The second kappa shape index (κ2) is 5.69. The highest BCUT2D eigenvalue weighted by Gasteiger charge is 2.34. The van der Waals surface area contributed by atoms with E-state index in [0.29, 0.717) is 11.3 Å². The minimum Gasteiger partial charge on any atom is -0.311 e. The lowest BCUT2D eigenvalue weighted by molar-refractivity contribution is 0.165. The third kappa shape index (κ3) is 3.38. The SMILES string of the molecule is CC1(C)CCCC(NC2CC(c3cccc(Cl)c3)C2)C1. The average molecular weight is 292 g/mol. The number of hydrogen-bond acceptors (Lipinski definition) is 1. The Bertz CT molecular complexity index is 462. The maximum Gasteiger partial charge on any atom is 0.0408 e. The molecular formula is C18H26ClN. The van der Waals surface area contributed by atoms with Gasteiger partial charge in [0.15, 0.2) is 0 Å². The van der Waals surface area contributed by atoms with Crippen molar-refractivity contribution in [3.63, 3.8) is 0 Å². The first-order chi connectivity index (χ1) is 9.52. The number of halogens is 1. The predicted octanol–water partition coefficient (Wildman–Crippen LogP) is 5.14. The average Bonchev–Trinajstić information content (AvgIpc) is 2.32. The smallest absolute Gasteiger partial charge is 0.0408 e. The van der Waals surface area contributed by atoms with Gasteiger partial charge in [-0.2, -0.15) is 0 Å². The van der Waals surface area contributed by atoms with Crippen LogP contribution < -0.4 is 5.32 Å². The van der Waals surface area contributed by atoms with Crippen molar-refractivity contribution in [2.75, 3.05) is 0 Å². The van der Waals surface area contributed by atoms with Crippen LogP contribution >= 0.6 is 11.6 Å². The zero-order valence-corrected chi connectivity index (χ0v) is 13.4. The van der Waals surface area contributed by atoms with E-state index in [2.05, 4.69) is 37.4 Å². The van der Waals surface area contributed by atoms with Gasteiger partial charge in [-0.1, -0.05) is 44.0 Å². The first-order valence-corrected chi connectivity index (χ1v) is 8.41. The number of benzene rings is 1. The highest BCUT2D eigenvalue weighted by atomic mass is 35.5. The fraction of sp³-hybridized carbons (Fsp3) is 0.667. The van der Waals surface area contributed by atoms with Gasteiger partial charge in [-0.05, 0) is 61.1 Å². The maximum atomic E-state index is 6.08. The number of nitrogens with one attached hydrogen (secondary N) is 1. The molecule has 0 aromatic heterocycles. The van der Waals surface area contributed by atoms with Gasteiger partial charge in [0, 0.05) is 17.1 Å². The van der Waals surface area contributed by atoms with Crippen LogP contribution in [0.4, 0.5) is 0 Å². The Morgan fingerprint density at radius 2 is 2.00 bits per heavy atom. The van der Waals surface area contributed by atoms with Crippen molar-refractivity contribution in [3.8, 4) is 0 Å². The van der Waals surface area contributed by atoms with E-state index in [0.717, 1.165) is 17.1 Å². The number of rotatable bonds is 3. The maximum absolute atomic E-state index is 6.08. The largest absolute Gasteiger partial charge is 0.311 e. The topological polar surface area (TPSA) is 12.0 Å². The fourth-order valence-corrected chi connectivity index (χ4v) is 4.16. The van der Waals surface area contributed by atoms with Crippen LogP contribution in [0, 0.1) is 5.41 Å². The summed E-state index contributed by atoms with van der Waals surface area (Å²) < 4.78 is 0. The van der Waals surface area contributed by atoms with Crippen molar-refractivity contribution in [2.24, 2.45) is 5.41 Å². The van der Waals surface area contributed by atoms with Crippen LogP contribution in [-0.4, -0.2) is 12.1 Å². The molecule has 2 fully saturated rings. The lowest BCUT2D eigenvalue weighted by atomic mass is 9.72. The van der Waals surface area contributed by atoms with Crippen LogP contribution in [-0.2, 0) is 0 Å². The van der Waals surface area contributed by atoms with Crippen molar-refractivity contribution < 1.29 is 0 Å². The Kier molecular flexibility index (Phi) is 4.10. The molecule has 20 heavy (non-hydrogen) atoms. The van der Waals surface area contributed by atoms with E-state index in [1.54, 1.807) is 0 Å². The summed E-state index contributed by atoms with van der Waals surface area (Å²) in [4.78, 5) is 0. The first-order valence-electron chi connectivity index (χ1n) is 8.03. The van der Waals surface area contributed by atoms with E-state index in [-0.39, 0.29) is 0 Å². The van der Waals surface area contributed by atoms with Crippen molar-refractivity contribution >= 4 is 11.6 Å². The van der Waals surface area contributed by atoms with E-state index in [1.807, 2.05) is 6.07 Å².